The monoisotopic (exact) mass is 616 g/mol. The zero-order valence-corrected chi connectivity index (χ0v) is 26.0. The minimum atomic E-state index is -0.0325. The van der Waals surface area contributed by atoms with E-state index in [4.69, 9.17) is 4.98 Å². The largest absolute Gasteiger partial charge is 0.367 e. The van der Waals surface area contributed by atoms with Crippen molar-refractivity contribution in [2.45, 2.75) is 31.7 Å². The third-order valence-corrected chi connectivity index (χ3v) is 8.77. The molecule has 1 saturated carbocycles. The maximum atomic E-state index is 13.2. The van der Waals surface area contributed by atoms with Crippen molar-refractivity contribution in [1.82, 2.24) is 39.3 Å². The second kappa shape index (κ2) is 12.5. The molecule has 5 heterocycles. The normalized spacial score (nSPS) is 15.3. The first-order chi connectivity index (χ1) is 22.4. The van der Waals surface area contributed by atoms with Crippen LogP contribution in [0.4, 0.5) is 17.5 Å². The van der Waals surface area contributed by atoms with Crippen molar-refractivity contribution in [1.29, 1.82) is 0 Å². The van der Waals surface area contributed by atoms with Crippen molar-refractivity contribution in [3.8, 4) is 11.4 Å². The molecule has 0 spiro atoms. The van der Waals surface area contributed by atoms with Crippen molar-refractivity contribution in [2.24, 2.45) is 0 Å². The summed E-state index contributed by atoms with van der Waals surface area (Å²) >= 11 is 0. The Kier molecular flexibility index (Phi) is 8.00. The number of pyridine rings is 1. The molecule has 12 nitrogen and oxygen atoms in total. The van der Waals surface area contributed by atoms with Crippen LogP contribution in [-0.4, -0.2) is 91.4 Å². The lowest BCUT2D eigenvalue weighted by molar-refractivity contribution is 0.0746. The van der Waals surface area contributed by atoms with Gasteiger partial charge in [-0.05, 0) is 49.2 Å². The van der Waals surface area contributed by atoms with Crippen molar-refractivity contribution in [3.05, 3.63) is 84.6 Å². The van der Waals surface area contributed by atoms with E-state index in [1.54, 1.807) is 43.7 Å². The molecule has 2 aliphatic rings. The van der Waals surface area contributed by atoms with Gasteiger partial charge >= 0.3 is 0 Å². The first kappa shape index (κ1) is 29.3. The molecule has 1 saturated heterocycles. The Labute approximate surface area is 267 Å². The van der Waals surface area contributed by atoms with Crippen LogP contribution in [0.3, 0.4) is 0 Å². The molecule has 7 rings (SSSR count). The van der Waals surface area contributed by atoms with Gasteiger partial charge in [0.1, 0.15) is 17.2 Å². The van der Waals surface area contributed by atoms with E-state index >= 15 is 0 Å². The van der Waals surface area contributed by atoms with Gasteiger partial charge in [-0.25, -0.2) is 19.9 Å². The number of fused-ring (bicyclic) bond motifs is 1. The first-order valence-electron chi connectivity index (χ1n) is 15.7. The summed E-state index contributed by atoms with van der Waals surface area (Å²) in [5.74, 6) is 1.69. The highest BCUT2D eigenvalue weighted by Gasteiger charge is 2.27. The summed E-state index contributed by atoms with van der Waals surface area (Å²) in [6.45, 7) is 2.66. The van der Waals surface area contributed by atoms with Gasteiger partial charge in [0.2, 0.25) is 5.95 Å². The van der Waals surface area contributed by atoms with Crippen LogP contribution in [0.5, 0.6) is 0 Å². The zero-order valence-electron chi connectivity index (χ0n) is 26.0. The lowest BCUT2D eigenvalue weighted by atomic mass is 10.1. The van der Waals surface area contributed by atoms with Crippen LogP contribution in [0.15, 0.2) is 73.3 Å². The van der Waals surface area contributed by atoms with E-state index in [1.807, 2.05) is 53.6 Å². The molecule has 0 unspecified atom stereocenters. The molecule has 0 radical (unpaired) electrons. The number of nitrogens with zero attached hydrogens (tertiary/aromatic N) is 9. The van der Waals surface area contributed by atoms with E-state index in [9.17, 15) is 9.59 Å². The molecule has 4 aromatic heterocycles. The molecule has 1 N–H and O–H groups in total. The third kappa shape index (κ3) is 5.85. The third-order valence-electron chi connectivity index (χ3n) is 8.77. The lowest BCUT2D eigenvalue weighted by Crippen LogP contribution is -2.48. The zero-order chi connectivity index (χ0) is 31.6. The summed E-state index contributed by atoms with van der Waals surface area (Å²) in [5, 5.41) is 4.09. The van der Waals surface area contributed by atoms with Gasteiger partial charge in [-0.15, -0.1) is 0 Å². The molecule has 0 atom stereocenters. The quantitative estimate of drug-likeness (QED) is 0.274. The number of anilines is 3. The van der Waals surface area contributed by atoms with Crippen LogP contribution in [0.25, 0.3) is 22.4 Å². The smallest absolute Gasteiger partial charge is 0.270 e. The molecular formula is C34H36N10O2. The molecule has 234 valence electrons. The SMILES string of the molecule is CN(C)C(=O)c1cc2cnc(Nc3ccc(N4CCN(C(=O)c5ccc(-c6ncccn6)cc5)CC4)cn3)nc2n1C1CCCC1. The molecular weight excluding hydrogens is 580 g/mol. The van der Waals surface area contributed by atoms with E-state index in [-0.39, 0.29) is 17.9 Å². The highest BCUT2D eigenvalue weighted by Crippen LogP contribution is 2.35. The Morgan fingerprint density at radius 1 is 0.870 bits per heavy atom. The topological polar surface area (TPSA) is 125 Å². The number of rotatable bonds is 7. The highest BCUT2D eigenvalue weighted by atomic mass is 16.2. The lowest BCUT2D eigenvalue weighted by Gasteiger charge is -2.36. The van der Waals surface area contributed by atoms with Gasteiger partial charge < -0.3 is 24.6 Å². The van der Waals surface area contributed by atoms with Crippen LogP contribution >= 0.6 is 0 Å². The van der Waals surface area contributed by atoms with Crippen LogP contribution in [-0.2, 0) is 0 Å². The van der Waals surface area contributed by atoms with Crippen molar-refractivity contribution >= 4 is 40.3 Å². The number of carbonyl (C=O) groups excluding carboxylic acids is 2. The first-order valence-corrected chi connectivity index (χ1v) is 15.7. The highest BCUT2D eigenvalue weighted by molar-refractivity contribution is 5.98. The Balaban J connectivity index is 0.995. The standard InChI is InChI=1S/C34H36N10O2/c1-41(2)33(46)28-20-25-21-38-34(40-31(25)44(28)26-6-3-4-7-26)39-29-13-12-27(22-37-29)42-16-18-43(19-17-42)32(45)24-10-8-23(9-11-24)30-35-14-5-15-36-30/h5,8-15,20-22,26H,3-4,6-7,16-19H2,1-2H3,(H,37,38,39,40). The summed E-state index contributed by atoms with van der Waals surface area (Å²) < 4.78 is 2.10. The van der Waals surface area contributed by atoms with Gasteiger partial charge in [-0.2, -0.15) is 4.98 Å². The number of nitrogens with one attached hydrogen (secondary N) is 1. The van der Waals surface area contributed by atoms with Gasteiger partial charge in [0.25, 0.3) is 11.8 Å². The van der Waals surface area contributed by atoms with Gasteiger partial charge in [0, 0.05) is 81.4 Å². The molecule has 12 heteroatoms. The van der Waals surface area contributed by atoms with Crippen molar-refractivity contribution in [3.63, 3.8) is 0 Å². The Hall–Kier alpha value is -5.39. The number of hydrogen-bond donors (Lipinski definition) is 1. The van der Waals surface area contributed by atoms with E-state index in [0.717, 1.165) is 48.0 Å². The molecule has 1 aliphatic heterocycles. The number of piperazine rings is 1. The maximum absolute atomic E-state index is 13.2. The minimum Gasteiger partial charge on any atom is -0.367 e. The van der Waals surface area contributed by atoms with Gasteiger partial charge in [-0.1, -0.05) is 25.0 Å². The Morgan fingerprint density at radius 3 is 2.28 bits per heavy atom. The van der Waals surface area contributed by atoms with Crippen LogP contribution < -0.4 is 10.2 Å². The fourth-order valence-corrected chi connectivity index (χ4v) is 6.32. The van der Waals surface area contributed by atoms with Crippen LogP contribution in [0, 0.1) is 0 Å². The fourth-order valence-electron chi connectivity index (χ4n) is 6.32. The van der Waals surface area contributed by atoms with Gasteiger partial charge in [0.15, 0.2) is 5.82 Å². The van der Waals surface area contributed by atoms with Gasteiger partial charge in [0.05, 0.1) is 11.9 Å². The average Bonchev–Trinajstić information content (AvgIpc) is 3.76. The molecule has 46 heavy (non-hydrogen) atoms. The van der Waals surface area contributed by atoms with Crippen molar-refractivity contribution < 1.29 is 9.59 Å². The molecule has 2 fully saturated rings. The minimum absolute atomic E-state index is 0.0205. The molecule has 5 aromatic rings. The summed E-state index contributed by atoms with van der Waals surface area (Å²) in [6, 6.07) is 15.3. The molecule has 2 amide bonds. The number of hydrogen-bond acceptors (Lipinski definition) is 9. The Bertz CT molecular complexity index is 1840. The maximum Gasteiger partial charge on any atom is 0.270 e. The summed E-state index contributed by atoms with van der Waals surface area (Å²) in [4.78, 5) is 54.4. The van der Waals surface area contributed by atoms with Crippen LogP contribution in [0.1, 0.15) is 52.6 Å². The molecule has 0 bridgehead atoms. The van der Waals surface area contributed by atoms with E-state index in [2.05, 4.69) is 34.7 Å². The van der Waals surface area contributed by atoms with E-state index < -0.39 is 0 Å². The number of aromatic nitrogens is 6. The Morgan fingerprint density at radius 2 is 1.61 bits per heavy atom. The molecule has 1 aromatic carbocycles. The fraction of sp³-hybridized carbons (Fsp3) is 0.324. The van der Waals surface area contributed by atoms with Gasteiger partial charge in [-0.3, -0.25) is 9.59 Å². The summed E-state index contributed by atoms with van der Waals surface area (Å²) in [6.07, 6.45) is 11.4. The number of amides is 2. The second-order valence-electron chi connectivity index (χ2n) is 12.0. The summed E-state index contributed by atoms with van der Waals surface area (Å²) in [5.41, 5.74) is 3.94. The average molecular weight is 617 g/mol. The predicted molar refractivity (Wildman–Crippen MR) is 176 cm³/mol. The van der Waals surface area contributed by atoms with Crippen molar-refractivity contribution in [2.75, 3.05) is 50.5 Å². The number of carbonyl (C=O) groups is 2. The molecule has 1 aliphatic carbocycles. The number of benzene rings is 1. The van der Waals surface area contributed by atoms with E-state index in [1.165, 1.54) is 0 Å². The van der Waals surface area contributed by atoms with E-state index in [0.29, 0.717) is 55.0 Å². The predicted octanol–water partition coefficient (Wildman–Crippen LogP) is 4.81. The second-order valence-corrected chi connectivity index (χ2v) is 12.0. The summed E-state index contributed by atoms with van der Waals surface area (Å²) in [7, 11) is 3.55. The van der Waals surface area contributed by atoms with Crippen LogP contribution in [0.2, 0.25) is 0 Å².